The third kappa shape index (κ3) is 4.38. The number of aryl methyl sites for hydroxylation is 1. The number of rotatable bonds is 7. The molecular weight excluding hydrogens is 323 g/mol. The summed E-state index contributed by atoms with van der Waals surface area (Å²) in [5.41, 5.74) is 1.90. The van der Waals surface area contributed by atoms with Crippen LogP contribution in [0.1, 0.15) is 31.5 Å². The number of aliphatic hydroxyl groups excluding tert-OH is 1. The van der Waals surface area contributed by atoms with E-state index in [1.54, 1.807) is 6.07 Å². The topological polar surface area (TPSA) is 47.3 Å². The molecule has 2 rings (SSSR count). The summed E-state index contributed by atoms with van der Waals surface area (Å²) in [6.07, 6.45) is 1.46. The van der Waals surface area contributed by atoms with Crippen LogP contribution in [-0.4, -0.2) is 27.6 Å². The van der Waals surface area contributed by atoms with E-state index in [1.165, 1.54) is 0 Å². The van der Waals surface area contributed by atoms with E-state index in [9.17, 15) is 0 Å². The summed E-state index contributed by atoms with van der Waals surface area (Å²) in [6, 6.07) is 7.46. The van der Waals surface area contributed by atoms with E-state index in [1.807, 2.05) is 36.7 Å². The maximum absolute atomic E-state index is 9.04. The van der Waals surface area contributed by atoms with E-state index in [0.29, 0.717) is 28.9 Å². The number of halogens is 2. The van der Waals surface area contributed by atoms with Crippen molar-refractivity contribution in [1.82, 2.24) is 9.78 Å². The van der Waals surface area contributed by atoms with E-state index in [-0.39, 0.29) is 12.7 Å². The molecule has 0 unspecified atom stereocenters. The van der Waals surface area contributed by atoms with E-state index in [2.05, 4.69) is 5.10 Å². The molecule has 0 radical (unpaired) electrons. The molecule has 0 bridgehead atoms. The van der Waals surface area contributed by atoms with Crippen molar-refractivity contribution < 1.29 is 9.84 Å². The summed E-state index contributed by atoms with van der Waals surface area (Å²) in [5.74, 6) is 0.584. The molecule has 0 aliphatic rings. The Balaban J connectivity index is 2.27. The number of hydrogen-bond acceptors (Lipinski definition) is 3. The Morgan fingerprint density at radius 3 is 2.77 bits per heavy atom. The van der Waals surface area contributed by atoms with Gasteiger partial charge in [0.15, 0.2) is 0 Å². The average molecular weight is 343 g/mol. The molecule has 0 aliphatic carbocycles. The van der Waals surface area contributed by atoms with Crippen molar-refractivity contribution in [3.05, 3.63) is 45.6 Å². The van der Waals surface area contributed by atoms with Crippen molar-refractivity contribution in [1.29, 1.82) is 0 Å². The predicted molar refractivity (Wildman–Crippen MR) is 89.0 cm³/mol. The molecule has 6 heteroatoms. The van der Waals surface area contributed by atoms with Gasteiger partial charge in [-0.2, -0.15) is 0 Å². The Bertz CT molecular complexity index is 627. The minimum Gasteiger partial charge on any atom is -0.474 e. The quantitative estimate of drug-likeness (QED) is 0.828. The molecule has 0 saturated carbocycles. The van der Waals surface area contributed by atoms with Crippen molar-refractivity contribution in [2.24, 2.45) is 0 Å². The van der Waals surface area contributed by atoms with Crippen LogP contribution in [0.3, 0.4) is 0 Å². The lowest BCUT2D eigenvalue weighted by Crippen LogP contribution is -2.09. The first-order valence-electron chi connectivity index (χ1n) is 7.28. The molecule has 120 valence electrons. The zero-order valence-electron chi connectivity index (χ0n) is 12.7. The van der Waals surface area contributed by atoms with Gasteiger partial charge in [0, 0.05) is 18.4 Å². The van der Waals surface area contributed by atoms with Crippen LogP contribution in [0, 0.1) is 0 Å². The highest BCUT2D eigenvalue weighted by molar-refractivity contribution is 6.42. The van der Waals surface area contributed by atoms with E-state index < -0.39 is 0 Å². The Morgan fingerprint density at radius 2 is 2.09 bits per heavy atom. The summed E-state index contributed by atoms with van der Waals surface area (Å²) in [5, 5.41) is 14.6. The highest BCUT2D eigenvalue weighted by Gasteiger charge is 2.12. The lowest BCUT2D eigenvalue weighted by atomic mass is 10.2. The minimum atomic E-state index is 0.0591. The average Bonchev–Trinajstić information content (AvgIpc) is 2.82. The number of aliphatic hydroxyl groups is 1. The van der Waals surface area contributed by atoms with Gasteiger partial charge in [0.05, 0.1) is 22.7 Å². The minimum absolute atomic E-state index is 0.0591. The van der Waals surface area contributed by atoms with Gasteiger partial charge in [0.25, 0.3) is 0 Å². The molecular formula is C16H20Cl2N2O2. The molecule has 0 saturated heterocycles. The molecule has 22 heavy (non-hydrogen) atoms. The lowest BCUT2D eigenvalue weighted by Gasteiger charge is -2.09. The first kappa shape index (κ1) is 17.1. The number of hydrogen-bond donors (Lipinski definition) is 1. The van der Waals surface area contributed by atoms with Crippen LogP contribution in [0.2, 0.25) is 10.0 Å². The van der Waals surface area contributed by atoms with Crippen LogP contribution < -0.4 is 4.74 Å². The molecule has 1 heterocycles. The second kappa shape index (κ2) is 7.86. The van der Waals surface area contributed by atoms with E-state index >= 15 is 0 Å². The number of nitrogens with zero attached hydrogens (tertiary/aromatic N) is 2. The Kier molecular flexibility index (Phi) is 6.12. The van der Waals surface area contributed by atoms with Gasteiger partial charge in [-0.25, -0.2) is 0 Å². The van der Waals surface area contributed by atoms with Gasteiger partial charge in [-0.3, -0.25) is 4.68 Å². The number of ether oxygens (including phenoxy) is 1. The second-order valence-electron chi connectivity index (χ2n) is 5.34. The fourth-order valence-corrected chi connectivity index (χ4v) is 2.54. The largest absolute Gasteiger partial charge is 0.474 e. The molecule has 0 fully saturated rings. The van der Waals surface area contributed by atoms with Crippen LogP contribution in [0.25, 0.3) is 0 Å². The number of benzene rings is 1. The van der Waals surface area contributed by atoms with Gasteiger partial charge in [-0.1, -0.05) is 35.3 Å². The molecule has 0 spiro atoms. The molecule has 4 nitrogen and oxygen atoms in total. The summed E-state index contributed by atoms with van der Waals surface area (Å²) in [7, 11) is 0. The maximum atomic E-state index is 9.04. The van der Waals surface area contributed by atoms with Gasteiger partial charge in [-0.15, -0.1) is 5.10 Å². The van der Waals surface area contributed by atoms with Crippen LogP contribution in [0.5, 0.6) is 5.88 Å². The Labute approximate surface area is 140 Å². The fraction of sp³-hybridized carbons (Fsp3) is 0.438. The van der Waals surface area contributed by atoms with E-state index in [0.717, 1.165) is 17.7 Å². The molecule has 1 aromatic heterocycles. The highest BCUT2D eigenvalue weighted by atomic mass is 35.5. The third-order valence-electron chi connectivity index (χ3n) is 3.14. The van der Waals surface area contributed by atoms with Crippen molar-refractivity contribution in [3.8, 4) is 5.88 Å². The van der Waals surface area contributed by atoms with E-state index in [4.69, 9.17) is 33.0 Å². The van der Waals surface area contributed by atoms with Crippen molar-refractivity contribution in [2.75, 3.05) is 6.61 Å². The molecule has 2 aromatic rings. The Morgan fingerprint density at radius 1 is 1.32 bits per heavy atom. The van der Waals surface area contributed by atoms with Crippen LogP contribution in [0.15, 0.2) is 24.3 Å². The van der Waals surface area contributed by atoms with Crippen LogP contribution >= 0.6 is 23.2 Å². The smallest absolute Gasteiger partial charge is 0.233 e. The number of aromatic nitrogens is 2. The molecule has 0 atom stereocenters. The zero-order chi connectivity index (χ0) is 16.1. The van der Waals surface area contributed by atoms with Gasteiger partial charge >= 0.3 is 0 Å². The van der Waals surface area contributed by atoms with Gasteiger partial charge < -0.3 is 9.84 Å². The summed E-state index contributed by atoms with van der Waals surface area (Å²) >= 11 is 12.3. The SMILES string of the molecule is CC(C)Oc1cc(CCCO)n(Cc2cccc(Cl)c2Cl)n1. The van der Waals surface area contributed by atoms with Crippen LogP contribution in [-0.2, 0) is 13.0 Å². The van der Waals surface area contributed by atoms with Gasteiger partial charge in [-0.05, 0) is 38.3 Å². The van der Waals surface area contributed by atoms with Gasteiger partial charge in [0.2, 0.25) is 5.88 Å². The monoisotopic (exact) mass is 342 g/mol. The van der Waals surface area contributed by atoms with Crippen molar-refractivity contribution >= 4 is 23.2 Å². The molecule has 0 aliphatic heterocycles. The van der Waals surface area contributed by atoms with Crippen LogP contribution in [0.4, 0.5) is 0 Å². The first-order valence-corrected chi connectivity index (χ1v) is 8.04. The zero-order valence-corrected chi connectivity index (χ0v) is 14.2. The summed E-state index contributed by atoms with van der Waals surface area (Å²) in [4.78, 5) is 0. The highest BCUT2D eigenvalue weighted by Crippen LogP contribution is 2.27. The predicted octanol–water partition coefficient (Wildman–Crippen LogP) is 3.95. The fourth-order valence-electron chi connectivity index (χ4n) is 2.16. The lowest BCUT2D eigenvalue weighted by molar-refractivity contribution is 0.230. The Hall–Kier alpha value is -1.23. The summed E-state index contributed by atoms with van der Waals surface area (Å²) in [6.45, 7) is 4.57. The normalized spacial score (nSPS) is 11.2. The first-order chi connectivity index (χ1) is 10.5. The molecule has 0 amide bonds. The standard InChI is InChI=1S/C16H20Cl2N2O2/c1-11(2)22-15-9-13(6-4-8-21)20(19-15)10-12-5-3-7-14(17)16(12)18/h3,5,7,9,11,21H,4,6,8,10H2,1-2H3. The van der Waals surface area contributed by atoms with Crippen molar-refractivity contribution in [2.45, 2.75) is 39.3 Å². The van der Waals surface area contributed by atoms with Gasteiger partial charge in [0.1, 0.15) is 0 Å². The summed E-state index contributed by atoms with van der Waals surface area (Å²) < 4.78 is 7.51. The molecule has 1 aromatic carbocycles. The third-order valence-corrected chi connectivity index (χ3v) is 4.00. The van der Waals surface area contributed by atoms with Crippen molar-refractivity contribution in [3.63, 3.8) is 0 Å². The molecule has 1 N–H and O–H groups in total. The maximum Gasteiger partial charge on any atom is 0.233 e. The second-order valence-corrected chi connectivity index (χ2v) is 6.12.